The van der Waals surface area contributed by atoms with Gasteiger partial charge < -0.3 is 5.32 Å². The van der Waals surface area contributed by atoms with Crippen LogP contribution in [0.3, 0.4) is 0 Å². The first-order valence-electron chi connectivity index (χ1n) is 6.87. The molecule has 0 saturated heterocycles. The first-order valence-corrected chi connectivity index (χ1v) is 6.87. The Labute approximate surface area is 111 Å². The van der Waals surface area contributed by atoms with Gasteiger partial charge in [0.15, 0.2) is 0 Å². The molecule has 0 radical (unpaired) electrons. The lowest BCUT2D eigenvalue weighted by molar-refractivity contribution is 0.242. The SMILES string of the molecule is CC(C)CCNCC(C)N(C)Cc1cnn(C)c1. The summed E-state index contributed by atoms with van der Waals surface area (Å²) < 4.78 is 1.86. The fourth-order valence-electron chi connectivity index (χ4n) is 1.85. The molecule has 0 aliphatic heterocycles. The molecule has 0 aromatic carbocycles. The van der Waals surface area contributed by atoms with Crippen LogP contribution in [0.5, 0.6) is 0 Å². The second-order valence-corrected chi connectivity index (χ2v) is 5.67. The normalized spacial score (nSPS) is 13.5. The highest BCUT2D eigenvalue weighted by Crippen LogP contribution is 2.04. The van der Waals surface area contributed by atoms with E-state index in [4.69, 9.17) is 0 Å². The second-order valence-electron chi connectivity index (χ2n) is 5.67. The van der Waals surface area contributed by atoms with E-state index in [9.17, 15) is 0 Å². The molecular weight excluding hydrogens is 224 g/mol. The van der Waals surface area contributed by atoms with Crippen LogP contribution in [0.4, 0.5) is 0 Å². The minimum atomic E-state index is 0.539. The minimum absolute atomic E-state index is 0.539. The van der Waals surface area contributed by atoms with Crippen LogP contribution >= 0.6 is 0 Å². The summed E-state index contributed by atoms with van der Waals surface area (Å²) >= 11 is 0. The van der Waals surface area contributed by atoms with Crippen molar-refractivity contribution in [2.24, 2.45) is 13.0 Å². The van der Waals surface area contributed by atoms with Crippen LogP contribution in [0, 0.1) is 5.92 Å². The molecular formula is C14H28N4. The van der Waals surface area contributed by atoms with Gasteiger partial charge in [0.2, 0.25) is 0 Å². The average molecular weight is 252 g/mol. The van der Waals surface area contributed by atoms with E-state index < -0.39 is 0 Å². The van der Waals surface area contributed by atoms with E-state index in [0.29, 0.717) is 6.04 Å². The van der Waals surface area contributed by atoms with Crippen molar-refractivity contribution >= 4 is 0 Å². The van der Waals surface area contributed by atoms with E-state index in [-0.39, 0.29) is 0 Å². The summed E-state index contributed by atoms with van der Waals surface area (Å²) in [5, 5.41) is 7.72. The van der Waals surface area contributed by atoms with Gasteiger partial charge in [-0.25, -0.2) is 0 Å². The van der Waals surface area contributed by atoms with Crippen LogP contribution in [0.1, 0.15) is 32.8 Å². The zero-order chi connectivity index (χ0) is 13.5. The van der Waals surface area contributed by atoms with E-state index in [0.717, 1.165) is 25.6 Å². The lowest BCUT2D eigenvalue weighted by Crippen LogP contribution is -2.37. The molecule has 104 valence electrons. The lowest BCUT2D eigenvalue weighted by Gasteiger charge is -2.24. The predicted molar refractivity (Wildman–Crippen MR) is 76.5 cm³/mol. The maximum atomic E-state index is 4.20. The summed E-state index contributed by atoms with van der Waals surface area (Å²) in [4.78, 5) is 2.36. The summed E-state index contributed by atoms with van der Waals surface area (Å²) in [5.41, 5.74) is 1.27. The Hall–Kier alpha value is -0.870. The van der Waals surface area contributed by atoms with Crippen molar-refractivity contribution in [2.45, 2.75) is 39.8 Å². The van der Waals surface area contributed by atoms with Crippen molar-refractivity contribution in [2.75, 3.05) is 20.1 Å². The zero-order valence-electron chi connectivity index (χ0n) is 12.5. The van der Waals surface area contributed by atoms with Crippen molar-refractivity contribution in [1.82, 2.24) is 20.0 Å². The average Bonchev–Trinajstić information content (AvgIpc) is 2.69. The van der Waals surface area contributed by atoms with Gasteiger partial charge in [-0.15, -0.1) is 0 Å². The van der Waals surface area contributed by atoms with Crippen molar-refractivity contribution in [3.8, 4) is 0 Å². The van der Waals surface area contributed by atoms with Crippen molar-refractivity contribution in [1.29, 1.82) is 0 Å². The molecule has 1 atom stereocenters. The first-order chi connectivity index (χ1) is 8.49. The van der Waals surface area contributed by atoms with Gasteiger partial charge in [0, 0.05) is 37.9 Å². The van der Waals surface area contributed by atoms with Crippen LogP contribution in [-0.4, -0.2) is 40.9 Å². The summed E-state index contributed by atoms with van der Waals surface area (Å²) in [7, 11) is 4.13. The van der Waals surface area contributed by atoms with Crippen LogP contribution < -0.4 is 5.32 Å². The zero-order valence-corrected chi connectivity index (χ0v) is 12.5. The summed E-state index contributed by atoms with van der Waals surface area (Å²) in [6, 6.07) is 0.539. The minimum Gasteiger partial charge on any atom is -0.315 e. The van der Waals surface area contributed by atoms with E-state index in [2.05, 4.69) is 49.3 Å². The predicted octanol–water partition coefficient (Wildman–Crippen LogP) is 1.88. The van der Waals surface area contributed by atoms with Crippen molar-refractivity contribution in [3.63, 3.8) is 0 Å². The van der Waals surface area contributed by atoms with Crippen molar-refractivity contribution in [3.05, 3.63) is 18.0 Å². The van der Waals surface area contributed by atoms with Crippen LogP contribution in [0.15, 0.2) is 12.4 Å². The Balaban J connectivity index is 2.22. The molecule has 0 fully saturated rings. The Bertz CT molecular complexity index is 332. The third-order valence-corrected chi connectivity index (χ3v) is 3.28. The maximum absolute atomic E-state index is 4.20. The molecule has 1 rings (SSSR count). The molecule has 1 N–H and O–H groups in total. The smallest absolute Gasteiger partial charge is 0.0534 e. The molecule has 0 bridgehead atoms. The van der Waals surface area contributed by atoms with E-state index in [1.165, 1.54) is 12.0 Å². The molecule has 0 amide bonds. The monoisotopic (exact) mass is 252 g/mol. The number of hydrogen-bond acceptors (Lipinski definition) is 3. The van der Waals surface area contributed by atoms with Gasteiger partial charge in [-0.05, 0) is 32.9 Å². The van der Waals surface area contributed by atoms with Gasteiger partial charge >= 0.3 is 0 Å². The number of likely N-dealkylation sites (N-methyl/N-ethyl adjacent to an activating group) is 1. The third kappa shape index (κ3) is 5.65. The van der Waals surface area contributed by atoms with Crippen LogP contribution in [0.25, 0.3) is 0 Å². The van der Waals surface area contributed by atoms with Gasteiger partial charge in [-0.2, -0.15) is 5.10 Å². The highest BCUT2D eigenvalue weighted by Gasteiger charge is 2.10. The van der Waals surface area contributed by atoms with Crippen molar-refractivity contribution < 1.29 is 0 Å². The number of nitrogens with one attached hydrogen (secondary N) is 1. The fourth-order valence-corrected chi connectivity index (χ4v) is 1.85. The summed E-state index contributed by atoms with van der Waals surface area (Å²) in [5.74, 6) is 0.779. The molecule has 4 nitrogen and oxygen atoms in total. The highest BCUT2D eigenvalue weighted by molar-refractivity contribution is 5.03. The van der Waals surface area contributed by atoms with Gasteiger partial charge in [0.1, 0.15) is 0 Å². The molecule has 4 heteroatoms. The number of nitrogens with zero attached hydrogens (tertiary/aromatic N) is 3. The molecule has 0 aliphatic carbocycles. The molecule has 0 spiro atoms. The molecule has 1 aromatic heterocycles. The van der Waals surface area contributed by atoms with Gasteiger partial charge in [-0.3, -0.25) is 9.58 Å². The topological polar surface area (TPSA) is 33.1 Å². The number of aryl methyl sites for hydroxylation is 1. The largest absolute Gasteiger partial charge is 0.315 e. The van der Waals surface area contributed by atoms with Gasteiger partial charge in [0.05, 0.1) is 6.20 Å². The highest BCUT2D eigenvalue weighted by atomic mass is 15.2. The fraction of sp³-hybridized carbons (Fsp3) is 0.786. The van der Waals surface area contributed by atoms with E-state index in [1.54, 1.807) is 0 Å². The van der Waals surface area contributed by atoms with Crippen LogP contribution in [0.2, 0.25) is 0 Å². The quantitative estimate of drug-likeness (QED) is 0.717. The lowest BCUT2D eigenvalue weighted by atomic mass is 10.1. The van der Waals surface area contributed by atoms with Gasteiger partial charge in [0.25, 0.3) is 0 Å². The Morgan fingerprint density at radius 3 is 2.67 bits per heavy atom. The molecule has 0 saturated carbocycles. The van der Waals surface area contributed by atoms with Gasteiger partial charge in [-0.1, -0.05) is 13.8 Å². The third-order valence-electron chi connectivity index (χ3n) is 3.28. The number of hydrogen-bond donors (Lipinski definition) is 1. The molecule has 1 aromatic rings. The molecule has 1 heterocycles. The summed E-state index contributed by atoms with van der Waals surface area (Å²) in [6.07, 6.45) is 5.27. The Morgan fingerprint density at radius 2 is 2.11 bits per heavy atom. The van der Waals surface area contributed by atoms with E-state index >= 15 is 0 Å². The number of rotatable bonds is 8. The Kier molecular flexibility index (Phi) is 6.36. The Morgan fingerprint density at radius 1 is 1.39 bits per heavy atom. The standard InChI is InChI=1S/C14H28N4/c1-12(2)6-7-15-8-13(3)17(4)10-14-9-16-18(5)11-14/h9,11-13,15H,6-8,10H2,1-5H3. The second kappa shape index (κ2) is 7.54. The molecule has 18 heavy (non-hydrogen) atoms. The summed E-state index contributed by atoms with van der Waals surface area (Å²) in [6.45, 7) is 9.91. The van der Waals surface area contributed by atoms with Crippen LogP contribution in [-0.2, 0) is 13.6 Å². The first kappa shape index (κ1) is 15.2. The molecule has 1 unspecified atom stereocenters. The molecule has 0 aliphatic rings. The number of aromatic nitrogens is 2. The van der Waals surface area contributed by atoms with E-state index in [1.807, 2.05) is 17.9 Å². The maximum Gasteiger partial charge on any atom is 0.0534 e.